The highest BCUT2D eigenvalue weighted by atomic mass is 19.1. The van der Waals surface area contributed by atoms with E-state index in [1.807, 2.05) is 32.0 Å². The van der Waals surface area contributed by atoms with Gasteiger partial charge in [0.25, 0.3) is 0 Å². The lowest BCUT2D eigenvalue weighted by atomic mass is 9.88. The third-order valence-corrected chi connectivity index (χ3v) is 4.34. The Morgan fingerprint density at radius 1 is 1.47 bits per heavy atom. The molecule has 0 aromatic heterocycles. The Morgan fingerprint density at radius 3 is 2.79 bits per heavy atom. The highest BCUT2D eigenvalue weighted by Gasteiger charge is 2.42. The zero-order valence-corrected chi connectivity index (χ0v) is 11.8. The first-order valence-electron chi connectivity index (χ1n) is 6.83. The zero-order valence-electron chi connectivity index (χ0n) is 11.8. The van der Waals surface area contributed by atoms with Gasteiger partial charge in [-0.3, -0.25) is 4.79 Å². The summed E-state index contributed by atoms with van der Waals surface area (Å²) >= 11 is 0. The van der Waals surface area contributed by atoms with Crippen LogP contribution in [-0.4, -0.2) is 12.6 Å². The van der Waals surface area contributed by atoms with E-state index in [1.165, 1.54) is 5.56 Å². The van der Waals surface area contributed by atoms with Gasteiger partial charge in [-0.25, -0.2) is 4.39 Å². The van der Waals surface area contributed by atoms with Crippen LogP contribution in [0.3, 0.4) is 0 Å². The highest BCUT2D eigenvalue weighted by Crippen LogP contribution is 2.41. The molecule has 0 bridgehead atoms. The molecule has 2 unspecified atom stereocenters. The summed E-state index contributed by atoms with van der Waals surface area (Å²) in [5, 5.41) is 0. The zero-order chi connectivity index (χ0) is 14.1. The van der Waals surface area contributed by atoms with Crippen LogP contribution in [0.4, 0.5) is 4.39 Å². The van der Waals surface area contributed by atoms with Crippen molar-refractivity contribution in [2.24, 2.45) is 5.41 Å². The Morgan fingerprint density at radius 2 is 2.16 bits per heavy atom. The first-order valence-corrected chi connectivity index (χ1v) is 6.83. The second-order valence-corrected chi connectivity index (χ2v) is 5.83. The molecule has 1 aromatic carbocycles. The Labute approximate surface area is 114 Å². The van der Waals surface area contributed by atoms with Crippen molar-refractivity contribution < 1.29 is 13.9 Å². The molecule has 0 fully saturated rings. The number of carbonyl (C=O) groups excluding carboxylic acids is 1. The van der Waals surface area contributed by atoms with Crippen molar-refractivity contribution in [3.05, 3.63) is 35.4 Å². The lowest BCUT2D eigenvalue weighted by Gasteiger charge is -2.31. The SMILES string of the molecule is CCC(C)(CF)C(=O)OC1(C)CCc2ccccc21. The summed E-state index contributed by atoms with van der Waals surface area (Å²) < 4.78 is 18.8. The monoisotopic (exact) mass is 264 g/mol. The van der Waals surface area contributed by atoms with E-state index >= 15 is 0 Å². The van der Waals surface area contributed by atoms with Gasteiger partial charge in [0.05, 0.1) is 5.41 Å². The number of carbonyl (C=O) groups is 1. The number of rotatable bonds is 4. The molecule has 0 saturated carbocycles. The van der Waals surface area contributed by atoms with Crippen LogP contribution >= 0.6 is 0 Å². The van der Waals surface area contributed by atoms with Gasteiger partial charge in [-0.15, -0.1) is 0 Å². The maximum absolute atomic E-state index is 13.1. The Kier molecular flexibility index (Phi) is 3.66. The van der Waals surface area contributed by atoms with E-state index in [2.05, 4.69) is 6.07 Å². The van der Waals surface area contributed by atoms with E-state index in [0.717, 1.165) is 18.4 Å². The number of hydrogen-bond donors (Lipinski definition) is 0. The van der Waals surface area contributed by atoms with E-state index < -0.39 is 23.7 Å². The van der Waals surface area contributed by atoms with Crippen LogP contribution in [0.15, 0.2) is 24.3 Å². The average Bonchev–Trinajstić information content (AvgIpc) is 2.76. The molecule has 1 aliphatic carbocycles. The molecule has 104 valence electrons. The molecule has 2 nitrogen and oxygen atoms in total. The first kappa shape index (κ1) is 14.0. The smallest absolute Gasteiger partial charge is 0.315 e. The standard InChI is InChI=1S/C16H21FO2/c1-4-15(2,11-17)14(18)19-16(3)10-9-12-7-5-6-8-13(12)16/h5-8H,4,9-11H2,1-3H3. The molecular weight excluding hydrogens is 243 g/mol. The van der Waals surface area contributed by atoms with Crippen LogP contribution in [0.5, 0.6) is 0 Å². The van der Waals surface area contributed by atoms with E-state index in [0.29, 0.717) is 6.42 Å². The van der Waals surface area contributed by atoms with Crippen molar-refractivity contribution in [2.45, 2.75) is 45.6 Å². The fourth-order valence-electron chi connectivity index (χ4n) is 2.49. The topological polar surface area (TPSA) is 26.3 Å². The minimum absolute atomic E-state index is 0.434. The first-order chi connectivity index (χ1) is 8.95. The Balaban J connectivity index is 2.23. The van der Waals surface area contributed by atoms with Gasteiger partial charge in [-0.2, -0.15) is 0 Å². The summed E-state index contributed by atoms with van der Waals surface area (Å²) in [6.45, 7) is 4.68. The van der Waals surface area contributed by atoms with Crippen molar-refractivity contribution in [2.75, 3.05) is 6.67 Å². The van der Waals surface area contributed by atoms with Gasteiger partial charge in [0.15, 0.2) is 0 Å². The van der Waals surface area contributed by atoms with Crippen LogP contribution in [-0.2, 0) is 21.6 Å². The summed E-state index contributed by atoms with van der Waals surface area (Å²) in [4.78, 5) is 12.2. The Bertz CT molecular complexity index is 479. The normalized spacial score (nSPS) is 24.6. The second kappa shape index (κ2) is 4.95. The third kappa shape index (κ3) is 2.38. The number of aryl methyl sites for hydroxylation is 1. The quantitative estimate of drug-likeness (QED) is 0.774. The van der Waals surface area contributed by atoms with E-state index in [4.69, 9.17) is 4.74 Å². The van der Waals surface area contributed by atoms with Crippen LogP contribution in [0.1, 0.15) is 44.7 Å². The molecule has 0 N–H and O–H groups in total. The second-order valence-electron chi connectivity index (χ2n) is 5.83. The molecule has 1 aromatic rings. The van der Waals surface area contributed by atoms with Gasteiger partial charge in [0, 0.05) is 0 Å². The van der Waals surface area contributed by atoms with Crippen LogP contribution in [0.2, 0.25) is 0 Å². The minimum atomic E-state index is -1.03. The molecule has 0 radical (unpaired) electrons. The third-order valence-electron chi connectivity index (χ3n) is 4.34. The van der Waals surface area contributed by atoms with Crippen molar-refractivity contribution in [3.8, 4) is 0 Å². The van der Waals surface area contributed by atoms with Crippen LogP contribution < -0.4 is 0 Å². The predicted octanol–water partition coefficient (Wildman–Crippen LogP) is 3.78. The minimum Gasteiger partial charge on any atom is -0.454 e. The van der Waals surface area contributed by atoms with Crippen LogP contribution in [0, 0.1) is 5.41 Å². The van der Waals surface area contributed by atoms with Gasteiger partial charge >= 0.3 is 5.97 Å². The molecule has 0 spiro atoms. The van der Waals surface area contributed by atoms with Gasteiger partial charge in [0.2, 0.25) is 0 Å². The molecule has 19 heavy (non-hydrogen) atoms. The molecule has 2 rings (SSSR count). The molecule has 2 atom stereocenters. The van der Waals surface area contributed by atoms with Crippen molar-refractivity contribution in [3.63, 3.8) is 0 Å². The summed E-state index contributed by atoms with van der Waals surface area (Å²) in [5.74, 6) is -0.434. The number of ether oxygens (including phenoxy) is 1. The maximum atomic E-state index is 13.1. The van der Waals surface area contributed by atoms with E-state index in [9.17, 15) is 9.18 Å². The molecule has 3 heteroatoms. The number of alkyl halides is 1. The summed E-state index contributed by atoms with van der Waals surface area (Å²) in [6, 6.07) is 7.99. The average molecular weight is 264 g/mol. The number of fused-ring (bicyclic) bond motifs is 1. The van der Waals surface area contributed by atoms with Crippen molar-refractivity contribution >= 4 is 5.97 Å². The predicted molar refractivity (Wildman–Crippen MR) is 72.6 cm³/mol. The lowest BCUT2D eigenvalue weighted by Crippen LogP contribution is -2.37. The lowest BCUT2D eigenvalue weighted by molar-refractivity contribution is -0.172. The van der Waals surface area contributed by atoms with Gasteiger partial charge < -0.3 is 4.74 Å². The summed E-state index contributed by atoms with van der Waals surface area (Å²) in [7, 11) is 0. The molecule has 1 aliphatic rings. The number of benzene rings is 1. The van der Waals surface area contributed by atoms with Gasteiger partial charge in [-0.05, 0) is 44.2 Å². The van der Waals surface area contributed by atoms with Crippen molar-refractivity contribution in [1.82, 2.24) is 0 Å². The fraction of sp³-hybridized carbons (Fsp3) is 0.562. The fourth-order valence-corrected chi connectivity index (χ4v) is 2.49. The summed E-state index contributed by atoms with van der Waals surface area (Å²) in [5.41, 5.74) is 0.636. The van der Waals surface area contributed by atoms with Gasteiger partial charge in [-0.1, -0.05) is 31.2 Å². The molecule has 0 saturated heterocycles. The van der Waals surface area contributed by atoms with E-state index in [1.54, 1.807) is 6.92 Å². The Hall–Kier alpha value is -1.38. The molecule has 0 amide bonds. The highest BCUT2D eigenvalue weighted by molar-refractivity contribution is 5.77. The van der Waals surface area contributed by atoms with Crippen LogP contribution in [0.25, 0.3) is 0 Å². The summed E-state index contributed by atoms with van der Waals surface area (Å²) in [6.07, 6.45) is 2.11. The number of hydrogen-bond acceptors (Lipinski definition) is 2. The number of halogens is 1. The molecule has 0 aliphatic heterocycles. The van der Waals surface area contributed by atoms with E-state index in [-0.39, 0.29) is 0 Å². The van der Waals surface area contributed by atoms with Gasteiger partial charge in [0.1, 0.15) is 12.3 Å². The largest absolute Gasteiger partial charge is 0.454 e. The maximum Gasteiger partial charge on any atom is 0.315 e. The van der Waals surface area contributed by atoms with Crippen molar-refractivity contribution in [1.29, 1.82) is 0 Å². The molecule has 0 heterocycles. The molecular formula is C16H21FO2. The number of esters is 1.